The zero-order valence-electron chi connectivity index (χ0n) is 68.3. The molecule has 4 aliphatic carbocycles. The van der Waals surface area contributed by atoms with E-state index in [0.717, 1.165) is 66.9 Å². The quantitative estimate of drug-likeness (QED) is 0.0504. The Balaban J connectivity index is 0.000000681. The first-order valence-corrected chi connectivity index (χ1v) is 41.3. The Hall–Kier alpha value is -6.42. The Morgan fingerprint density at radius 1 is 0.374 bits per heavy atom. The number of hydrogen-bond acceptors (Lipinski definition) is 16. The fourth-order valence-electron chi connectivity index (χ4n) is 12.5. The van der Waals surface area contributed by atoms with Crippen LogP contribution in [0.2, 0.25) is 0 Å². The summed E-state index contributed by atoms with van der Waals surface area (Å²) >= 11 is 5.02. The van der Waals surface area contributed by atoms with Crippen molar-refractivity contribution in [2.75, 3.05) is 48.8 Å². The molecule has 0 amide bonds. The lowest BCUT2D eigenvalue weighted by molar-refractivity contribution is -0.126. The van der Waals surface area contributed by atoms with Crippen LogP contribution in [0.1, 0.15) is 164 Å². The van der Waals surface area contributed by atoms with Crippen LogP contribution in [0.3, 0.4) is 0 Å². The second-order valence-electron chi connectivity index (χ2n) is 29.9. The number of phosphoric acid groups is 1. The summed E-state index contributed by atoms with van der Waals surface area (Å²) in [6.45, 7) is 36.8. The number of phosphoric ester groups is 1. The van der Waals surface area contributed by atoms with Crippen LogP contribution in [-0.4, -0.2) is 100 Å². The predicted octanol–water partition coefficient (Wildman–Crippen LogP) is 22.6. The van der Waals surface area contributed by atoms with Crippen LogP contribution in [0, 0.1) is 27.6 Å². The van der Waals surface area contributed by atoms with Gasteiger partial charge in [-0.2, -0.15) is 0 Å². The van der Waals surface area contributed by atoms with E-state index in [1.165, 1.54) is 42.7 Å². The lowest BCUT2D eigenvalue weighted by Crippen LogP contribution is -2.37. The SMILES string of the molecule is CC1=C(/C=C/C(C)=C/C=C/C(C)=C/C=C/C=C(C)/C=C/C=C(C)/C=C/C2=C(C)C(=O)C(O)CC2(C)C)C(C)(C)CC(O)C1=O.COP(=O)(CC1CC(C)(C)C(/C=C/C(C)=C/C=C/C(C)=C/C=C/C=C(C)/C=C/C=C(C)/C=C/C2=C(C)C(=O)C(OP(=O)(OC)OC)CC2(C)C)=C(C)C1=O)OC.COP(=O)(Cl)OC. The number of ketones is 4. The Kier molecular flexibility index (Phi) is 40.1. The maximum Gasteiger partial charge on any atom is 0.474 e. The molecule has 4 atom stereocenters. The molecule has 0 saturated carbocycles. The average Bonchev–Trinajstić information content (AvgIpc) is 0.803. The molecule has 0 spiro atoms. The molecule has 0 saturated heterocycles. The molecule has 0 aromatic heterocycles. The molecule has 0 bridgehead atoms. The maximum atomic E-state index is 13.2. The minimum absolute atomic E-state index is 0.00692. The highest BCUT2D eigenvalue weighted by atomic mass is 35.7. The van der Waals surface area contributed by atoms with E-state index in [9.17, 15) is 43.1 Å². The van der Waals surface area contributed by atoms with Crippen molar-refractivity contribution in [3.05, 3.63) is 259 Å². The third-order valence-electron chi connectivity index (χ3n) is 18.9. The van der Waals surface area contributed by atoms with E-state index in [1.807, 2.05) is 208 Å². The standard InChI is InChI=1S/C45H64O9P2.C40H52O4.C2H6ClO3P/c1-32(21-17-23-34(3)25-27-39-36(5)42(46)38(29-44(39,7)8)31-55(48,50-11)51-12)19-15-16-20-33(2)22-18-24-35(4)26-28-40-37(6)43(47)41(30-45(40,9)10)54-56(49,52-13)53-14;1-27(17-13-19-29(3)21-23-33-31(5)37(43)35(41)25-39(33,7)8)15-11-12-16-28(2)18-14-20-30(4)22-24-34-32(6)38(44)36(42)26-40(34,9)10;1-5-7(3,4)6-2/h15-28,38,41H,29-31H2,1-14H3;11-24,35-36,41-42H,25-26H2,1-10H3;1-2H3/b16-15+,21-17+,22-18+,27-25+,28-26+,32-19+,33-20+,34-23+,35-24+;12-11+,17-13+,18-14+,23-21+,24-22+,27-15+,28-16+,29-19+,30-20+;. The molecule has 0 aliphatic heterocycles. The van der Waals surface area contributed by atoms with Crippen molar-refractivity contribution in [2.24, 2.45) is 27.6 Å². The van der Waals surface area contributed by atoms with E-state index in [0.29, 0.717) is 48.0 Å². The first-order chi connectivity index (χ1) is 49.6. The van der Waals surface area contributed by atoms with Crippen molar-refractivity contribution in [1.82, 2.24) is 0 Å². The number of aliphatic hydroxyl groups excluding tert-OH is 2. The summed E-state index contributed by atoms with van der Waals surface area (Å²) in [6, 6.07) is 0. The summed E-state index contributed by atoms with van der Waals surface area (Å²) < 4.78 is 69.3. The van der Waals surface area contributed by atoms with E-state index in [2.05, 4.69) is 88.7 Å². The molecule has 0 aromatic rings. The van der Waals surface area contributed by atoms with Gasteiger partial charge in [-0.3, -0.25) is 37.3 Å². The van der Waals surface area contributed by atoms with E-state index in [4.69, 9.17) is 33.9 Å². The van der Waals surface area contributed by atoms with Crippen LogP contribution in [0.4, 0.5) is 0 Å². The van der Waals surface area contributed by atoms with Crippen LogP contribution < -0.4 is 0 Å². The Labute approximate surface area is 646 Å². The summed E-state index contributed by atoms with van der Waals surface area (Å²) in [5.41, 5.74) is 13.9. The molecule has 0 heterocycles. The van der Waals surface area contributed by atoms with E-state index >= 15 is 0 Å². The lowest BCUT2D eigenvalue weighted by atomic mass is 9.68. The Morgan fingerprint density at radius 3 is 0.897 bits per heavy atom. The van der Waals surface area contributed by atoms with Crippen LogP contribution in [0.5, 0.6) is 0 Å². The largest absolute Gasteiger partial charge is 0.474 e. The van der Waals surface area contributed by atoms with Crippen LogP contribution in [0.25, 0.3) is 0 Å². The zero-order valence-corrected chi connectivity index (χ0v) is 71.8. The van der Waals surface area contributed by atoms with Crippen LogP contribution in [0.15, 0.2) is 259 Å². The maximum absolute atomic E-state index is 13.2. The second kappa shape index (κ2) is 44.4. The molecule has 16 nitrogen and oxygen atoms in total. The fraction of sp³-hybridized carbons (Fsp3) is 0.448. The van der Waals surface area contributed by atoms with Gasteiger partial charge in [0.05, 0.1) is 6.16 Å². The van der Waals surface area contributed by atoms with Crippen molar-refractivity contribution >= 4 is 56.7 Å². The lowest BCUT2D eigenvalue weighted by Gasteiger charge is -2.37. The van der Waals surface area contributed by atoms with Gasteiger partial charge >= 0.3 is 22.4 Å². The summed E-state index contributed by atoms with van der Waals surface area (Å²) in [5.74, 6) is -0.993. The smallest absolute Gasteiger partial charge is 0.385 e. The first-order valence-electron chi connectivity index (χ1n) is 35.7. The van der Waals surface area contributed by atoms with E-state index in [-0.39, 0.29) is 45.5 Å². The fourth-order valence-corrected chi connectivity index (χ4v) is 14.8. The summed E-state index contributed by atoms with van der Waals surface area (Å²) in [4.78, 5) is 50.7. The number of rotatable bonds is 30. The van der Waals surface area contributed by atoms with Crippen LogP contribution >= 0.6 is 33.6 Å². The Morgan fingerprint density at radius 2 is 0.626 bits per heavy atom. The molecule has 4 unspecified atom stereocenters. The highest BCUT2D eigenvalue weighted by molar-refractivity contribution is 7.81. The normalized spacial score (nSPS) is 22.6. The second-order valence-corrected chi connectivity index (χ2v) is 36.9. The van der Waals surface area contributed by atoms with Gasteiger partial charge in [0, 0.05) is 59.8 Å². The van der Waals surface area contributed by atoms with Gasteiger partial charge in [-0.15, -0.1) is 0 Å². The summed E-state index contributed by atoms with van der Waals surface area (Å²) in [7, 11) is 0.519. The summed E-state index contributed by atoms with van der Waals surface area (Å²) in [6.07, 6.45) is 55.8. The Bertz CT molecular complexity index is 3820. The molecular formula is C87H122ClO16P3. The topological polar surface area (TPSA) is 225 Å². The molecule has 588 valence electrons. The number of hydrogen-bond donors (Lipinski definition) is 2. The predicted molar refractivity (Wildman–Crippen MR) is 442 cm³/mol. The van der Waals surface area contributed by atoms with Gasteiger partial charge < -0.3 is 28.3 Å². The van der Waals surface area contributed by atoms with Gasteiger partial charge in [0.1, 0.15) is 18.3 Å². The molecule has 4 aliphatic rings. The van der Waals surface area contributed by atoms with Crippen molar-refractivity contribution in [3.63, 3.8) is 0 Å². The van der Waals surface area contributed by atoms with Gasteiger partial charge in [-0.1, -0.05) is 270 Å². The molecule has 0 fully saturated rings. The molecule has 20 heteroatoms. The van der Waals surface area contributed by atoms with Crippen molar-refractivity contribution in [3.8, 4) is 0 Å². The number of carbonyl (C=O) groups excluding carboxylic acids is 4. The van der Waals surface area contributed by atoms with Gasteiger partial charge in [0.15, 0.2) is 23.1 Å². The highest BCUT2D eigenvalue weighted by Crippen LogP contribution is 2.55. The van der Waals surface area contributed by atoms with Gasteiger partial charge in [-0.05, 0) is 175 Å². The van der Waals surface area contributed by atoms with Gasteiger partial charge in [-0.25, -0.2) is 9.13 Å². The minimum Gasteiger partial charge on any atom is -0.385 e. The molecule has 0 radical (unpaired) electrons. The van der Waals surface area contributed by atoms with Crippen LogP contribution in [-0.2, 0) is 64.5 Å². The summed E-state index contributed by atoms with van der Waals surface area (Å²) in [5, 5.41) is 20.0. The molecule has 0 aromatic carbocycles. The molecular weight excluding hydrogens is 1430 g/mol. The first kappa shape index (κ1) is 96.7. The van der Waals surface area contributed by atoms with Crippen molar-refractivity contribution < 1.29 is 74.8 Å². The number of allylic oxidation sites excluding steroid dienone is 41. The third kappa shape index (κ3) is 32.2. The van der Waals surface area contributed by atoms with Gasteiger partial charge in [0.2, 0.25) is 0 Å². The van der Waals surface area contributed by atoms with E-state index < -0.39 is 52.0 Å². The number of Topliss-reactive ketones (excluding diaryl/α,β-unsaturated/α-hetero) is 4. The highest BCUT2D eigenvalue weighted by Gasteiger charge is 2.44. The third-order valence-corrected chi connectivity index (χ3v) is 24.0. The van der Waals surface area contributed by atoms with Crippen molar-refractivity contribution in [2.45, 2.75) is 182 Å². The molecule has 2 N–H and O–H groups in total. The average molecular weight is 1550 g/mol. The monoisotopic (exact) mass is 1550 g/mol. The van der Waals surface area contributed by atoms with E-state index in [1.54, 1.807) is 20.8 Å². The number of carbonyl (C=O) groups is 4. The van der Waals surface area contributed by atoms with Gasteiger partial charge in [0.25, 0.3) is 0 Å². The molecule has 107 heavy (non-hydrogen) atoms. The van der Waals surface area contributed by atoms with Crippen molar-refractivity contribution in [1.29, 1.82) is 0 Å². The molecule has 4 rings (SSSR count). The number of aliphatic hydroxyl groups is 2. The zero-order chi connectivity index (χ0) is 81.6. The number of halogens is 1. The minimum atomic E-state index is -3.79.